The molecule has 2 aromatic heterocycles. The Bertz CT molecular complexity index is 850. The van der Waals surface area contributed by atoms with Crippen molar-refractivity contribution in [1.82, 2.24) is 25.0 Å². The highest BCUT2D eigenvalue weighted by molar-refractivity contribution is 6.31. The molecular formula is C16H15ClF2N6. The van der Waals surface area contributed by atoms with Crippen LogP contribution >= 0.6 is 11.6 Å². The van der Waals surface area contributed by atoms with E-state index in [0.29, 0.717) is 23.9 Å². The number of nitrogens with one attached hydrogen (secondary N) is 1. The lowest BCUT2D eigenvalue weighted by Crippen LogP contribution is -2.04. The van der Waals surface area contributed by atoms with Crippen molar-refractivity contribution in [3.63, 3.8) is 0 Å². The van der Waals surface area contributed by atoms with Crippen molar-refractivity contribution in [3.05, 3.63) is 58.6 Å². The predicted molar refractivity (Wildman–Crippen MR) is 90.1 cm³/mol. The number of hydrogen-bond acceptors (Lipinski definition) is 5. The minimum Gasteiger partial charge on any atom is -0.348 e. The highest BCUT2D eigenvalue weighted by Gasteiger charge is 2.14. The van der Waals surface area contributed by atoms with E-state index in [1.54, 1.807) is 24.7 Å². The molecule has 0 aliphatic heterocycles. The van der Waals surface area contributed by atoms with Gasteiger partial charge in [-0.25, -0.2) is 23.4 Å². The maximum Gasteiger partial charge on any atom is 0.265 e. The summed E-state index contributed by atoms with van der Waals surface area (Å²) in [6.45, 7) is 2.39. The molecule has 0 unspecified atom stereocenters. The van der Waals surface area contributed by atoms with E-state index in [2.05, 4.69) is 25.6 Å². The second-order valence-electron chi connectivity index (χ2n) is 5.28. The fraction of sp³-hybridized carbons (Fsp3) is 0.250. The van der Waals surface area contributed by atoms with Crippen molar-refractivity contribution in [2.45, 2.75) is 26.3 Å². The van der Waals surface area contributed by atoms with Crippen molar-refractivity contribution >= 4 is 17.5 Å². The molecule has 0 atom stereocenters. The first-order chi connectivity index (χ1) is 12.1. The van der Waals surface area contributed by atoms with Crippen LogP contribution in [0.1, 0.15) is 30.2 Å². The zero-order chi connectivity index (χ0) is 17.8. The third-order valence-corrected chi connectivity index (χ3v) is 3.91. The van der Waals surface area contributed by atoms with E-state index in [-0.39, 0.29) is 10.6 Å². The third-order valence-electron chi connectivity index (χ3n) is 3.56. The van der Waals surface area contributed by atoms with Crippen LogP contribution in [0.2, 0.25) is 5.02 Å². The lowest BCUT2D eigenvalue weighted by molar-refractivity contribution is 0.151. The number of nitrogens with zero attached hydrogens (tertiary/aromatic N) is 5. The first-order valence-corrected chi connectivity index (χ1v) is 7.98. The van der Waals surface area contributed by atoms with Crippen LogP contribution in [-0.2, 0) is 13.0 Å². The van der Waals surface area contributed by atoms with E-state index in [9.17, 15) is 8.78 Å². The number of benzene rings is 1. The van der Waals surface area contributed by atoms with Gasteiger partial charge in [-0.2, -0.15) is 0 Å². The lowest BCUT2D eigenvalue weighted by atomic mass is 10.2. The van der Waals surface area contributed by atoms with Gasteiger partial charge >= 0.3 is 0 Å². The summed E-state index contributed by atoms with van der Waals surface area (Å²) in [5.41, 5.74) is 1.89. The molecule has 3 aromatic rings. The van der Waals surface area contributed by atoms with Crippen molar-refractivity contribution in [3.8, 4) is 5.69 Å². The molecule has 2 heterocycles. The molecule has 3 rings (SSSR count). The van der Waals surface area contributed by atoms with Gasteiger partial charge < -0.3 is 5.32 Å². The molecule has 0 aliphatic carbocycles. The monoisotopic (exact) mass is 364 g/mol. The zero-order valence-corrected chi connectivity index (χ0v) is 14.1. The fourth-order valence-corrected chi connectivity index (χ4v) is 2.34. The summed E-state index contributed by atoms with van der Waals surface area (Å²) in [4.78, 5) is 8.39. The summed E-state index contributed by atoms with van der Waals surface area (Å²) in [6.07, 6.45) is 3.38. The van der Waals surface area contributed by atoms with Crippen LogP contribution < -0.4 is 5.32 Å². The van der Waals surface area contributed by atoms with Gasteiger partial charge in [-0.3, -0.25) is 0 Å². The standard InChI is InChI=1S/C16H15ClF2N6/c1-2-10-6-20-16(21-7-10)22-8-11-9-25(24-23-11)12-3-4-14(17)13(5-12)15(18)19/h3-7,9,15H,2,8H2,1H3,(H,20,21,22). The van der Waals surface area contributed by atoms with E-state index >= 15 is 0 Å². The Balaban J connectivity index is 1.70. The van der Waals surface area contributed by atoms with Gasteiger partial charge in [0.1, 0.15) is 5.69 Å². The molecule has 1 N–H and O–H groups in total. The Hall–Kier alpha value is -2.61. The maximum absolute atomic E-state index is 12.9. The molecule has 0 aliphatic rings. The molecule has 6 nitrogen and oxygen atoms in total. The largest absolute Gasteiger partial charge is 0.348 e. The Labute approximate surface area is 147 Å². The van der Waals surface area contributed by atoms with Gasteiger partial charge in [0, 0.05) is 23.0 Å². The van der Waals surface area contributed by atoms with Crippen LogP contribution in [0.4, 0.5) is 14.7 Å². The van der Waals surface area contributed by atoms with Crippen LogP contribution in [0.15, 0.2) is 36.8 Å². The number of halogens is 3. The van der Waals surface area contributed by atoms with E-state index in [0.717, 1.165) is 12.0 Å². The average Bonchev–Trinajstić information content (AvgIpc) is 3.09. The number of aryl methyl sites for hydroxylation is 1. The summed E-state index contributed by atoms with van der Waals surface area (Å²) in [5, 5.41) is 11.0. The molecule has 0 saturated carbocycles. The van der Waals surface area contributed by atoms with Crippen molar-refractivity contribution in [2.24, 2.45) is 0 Å². The number of alkyl halides is 2. The summed E-state index contributed by atoms with van der Waals surface area (Å²) in [6, 6.07) is 4.32. The number of rotatable bonds is 6. The summed E-state index contributed by atoms with van der Waals surface area (Å²) >= 11 is 5.77. The highest BCUT2D eigenvalue weighted by Crippen LogP contribution is 2.28. The molecular weight excluding hydrogens is 350 g/mol. The summed E-state index contributed by atoms with van der Waals surface area (Å²) < 4.78 is 27.3. The number of aromatic nitrogens is 5. The third kappa shape index (κ3) is 4.08. The molecule has 9 heteroatoms. The van der Waals surface area contributed by atoms with Gasteiger partial charge in [0.05, 0.1) is 18.4 Å². The van der Waals surface area contributed by atoms with Crippen LogP contribution in [-0.4, -0.2) is 25.0 Å². The first-order valence-electron chi connectivity index (χ1n) is 7.60. The second-order valence-corrected chi connectivity index (χ2v) is 5.69. The van der Waals surface area contributed by atoms with Gasteiger partial charge in [0.15, 0.2) is 0 Å². The van der Waals surface area contributed by atoms with E-state index in [1.165, 1.54) is 16.8 Å². The molecule has 130 valence electrons. The van der Waals surface area contributed by atoms with Crippen molar-refractivity contribution < 1.29 is 8.78 Å². The van der Waals surface area contributed by atoms with Gasteiger partial charge in [0.25, 0.3) is 6.43 Å². The van der Waals surface area contributed by atoms with Gasteiger partial charge in [0.2, 0.25) is 5.95 Å². The Morgan fingerprint density at radius 3 is 2.68 bits per heavy atom. The maximum atomic E-state index is 12.9. The molecule has 0 spiro atoms. The predicted octanol–water partition coefficient (Wildman–Crippen LogP) is 3.82. The number of hydrogen-bond donors (Lipinski definition) is 1. The summed E-state index contributed by atoms with van der Waals surface area (Å²) in [5.74, 6) is 0.484. The first kappa shape index (κ1) is 17.2. The molecule has 25 heavy (non-hydrogen) atoms. The topological polar surface area (TPSA) is 68.5 Å². The minimum atomic E-state index is -2.65. The quantitative estimate of drug-likeness (QED) is 0.720. The summed E-state index contributed by atoms with van der Waals surface area (Å²) in [7, 11) is 0. The zero-order valence-electron chi connectivity index (χ0n) is 13.3. The van der Waals surface area contributed by atoms with Crippen LogP contribution in [0.5, 0.6) is 0 Å². The molecule has 0 fully saturated rings. The molecule has 1 aromatic carbocycles. The minimum absolute atomic E-state index is 0.0217. The fourth-order valence-electron chi connectivity index (χ4n) is 2.14. The average molecular weight is 365 g/mol. The number of anilines is 1. The van der Waals surface area contributed by atoms with Crippen molar-refractivity contribution in [1.29, 1.82) is 0 Å². The highest BCUT2D eigenvalue weighted by atomic mass is 35.5. The lowest BCUT2D eigenvalue weighted by Gasteiger charge is -2.06. The van der Waals surface area contributed by atoms with Gasteiger partial charge in [-0.1, -0.05) is 23.7 Å². The normalized spacial score (nSPS) is 11.1. The molecule has 0 saturated heterocycles. The van der Waals surface area contributed by atoms with Crippen molar-refractivity contribution in [2.75, 3.05) is 5.32 Å². The Morgan fingerprint density at radius 1 is 1.24 bits per heavy atom. The Kier molecular flexibility index (Phi) is 5.18. The second kappa shape index (κ2) is 7.52. The molecule has 0 bridgehead atoms. The molecule has 0 amide bonds. The van der Waals surface area contributed by atoms with E-state index in [1.807, 2.05) is 6.92 Å². The van der Waals surface area contributed by atoms with E-state index in [4.69, 9.17) is 11.6 Å². The van der Waals surface area contributed by atoms with Gasteiger partial charge in [-0.05, 0) is 30.2 Å². The van der Waals surface area contributed by atoms with Crippen LogP contribution in [0, 0.1) is 0 Å². The smallest absolute Gasteiger partial charge is 0.265 e. The van der Waals surface area contributed by atoms with Crippen LogP contribution in [0.25, 0.3) is 5.69 Å². The van der Waals surface area contributed by atoms with E-state index < -0.39 is 6.43 Å². The molecule has 0 radical (unpaired) electrons. The SMILES string of the molecule is CCc1cnc(NCc2cn(-c3ccc(Cl)c(C(F)F)c3)nn2)nc1. The van der Waals surface area contributed by atoms with Crippen LogP contribution in [0.3, 0.4) is 0 Å². The van der Waals surface area contributed by atoms with Gasteiger partial charge in [-0.15, -0.1) is 5.10 Å². The Morgan fingerprint density at radius 2 is 2.00 bits per heavy atom.